The Morgan fingerprint density at radius 2 is 1.26 bits per heavy atom. The number of fused-ring (bicyclic) bond motifs is 1. The number of alkyl halides is 3. The molecule has 1 aromatic carbocycles. The summed E-state index contributed by atoms with van der Waals surface area (Å²) in [6.45, 7) is 10.1. The summed E-state index contributed by atoms with van der Waals surface area (Å²) in [4.78, 5) is 182. The van der Waals surface area contributed by atoms with Gasteiger partial charge in [-0.25, -0.2) is 0 Å². The molecule has 1 aromatic rings. The highest BCUT2D eigenvalue weighted by atomic mass is 35.5. The van der Waals surface area contributed by atoms with Crippen LogP contribution in [0.25, 0.3) is 0 Å². The van der Waals surface area contributed by atoms with Gasteiger partial charge in [-0.15, -0.1) is 0 Å². The minimum Gasteiger partial charge on any atom is -0.354 e. The second-order valence-corrected chi connectivity index (χ2v) is 27.7. The molecule has 0 spiro atoms. The van der Waals surface area contributed by atoms with Crippen LogP contribution in [0.4, 0.5) is 13.2 Å². The Bertz CT molecular complexity index is 2890. The zero-order valence-electron chi connectivity index (χ0n) is 57.7. The monoisotopic (exact) mass is 1360 g/mol. The third-order valence-electron chi connectivity index (χ3n) is 19.1. The number of likely N-dealkylation sites (N-methyl/N-ethyl adjacent to an activating group) is 6. The molecule has 3 aliphatic heterocycles. The lowest BCUT2D eigenvalue weighted by Crippen LogP contribution is -2.59. The number of halogens is 4. The van der Waals surface area contributed by atoms with Crippen molar-refractivity contribution in [3.63, 3.8) is 0 Å². The van der Waals surface area contributed by atoms with E-state index in [4.69, 9.17) is 11.6 Å². The van der Waals surface area contributed by atoms with Crippen molar-refractivity contribution in [1.82, 2.24) is 60.5 Å². The third kappa shape index (κ3) is 22.2. The normalized spacial score (nSPS) is 25.5. The van der Waals surface area contributed by atoms with Crippen LogP contribution in [0.15, 0.2) is 18.2 Å². The number of carbonyl (C=O) groups is 12. The van der Waals surface area contributed by atoms with Crippen molar-refractivity contribution < 1.29 is 70.7 Å². The minimum absolute atomic E-state index is 0.0291. The van der Waals surface area contributed by atoms with Crippen molar-refractivity contribution in [2.75, 3.05) is 88.1 Å². The molecule has 4 aliphatic rings. The van der Waals surface area contributed by atoms with Crippen LogP contribution < -0.4 is 21.3 Å². The molecule has 5 rings (SSSR count). The highest BCUT2D eigenvalue weighted by molar-refractivity contribution is 6.31. The largest absolute Gasteiger partial charge is 0.417 e. The molecule has 1 aliphatic carbocycles. The molecule has 8 atom stereocenters. The summed E-state index contributed by atoms with van der Waals surface area (Å²) in [5.74, 6) is -8.50. The first-order valence-electron chi connectivity index (χ1n) is 33.8. The van der Waals surface area contributed by atoms with Gasteiger partial charge in [0.25, 0.3) is 0 Å². The predicted octanol–water partition coefficient (Wildman–Crippen LogP) is 4.62. The molecule has 0 radical (unpaired) electrons. The standard InChI is InChI=1S/C67H104ClF3N12O12/c1-13-43(6)58-66(95)78(9)39-56(87)76(7)40-57(88)80(11)52(36-44-22-15-14-16-23-44)65(94)77(8)38-53(84)73-48(29-27-45-26-28-46(47(68)35-45)67(69,70)71)64(93)83-33-21-24-50(83)60(89)72-30-18-17-25-54(85)81(12)59(42(4)5)62(91)74-49(63(92)82-31-19-20-32-82)37-55(86)79(10)51(34-41(2)3)61(90)75-58/h26,28,35,41-44,48-52,58-59H,13-25,27,29-34,36-40H2,1-12H3,(H,72,89)(H,73,84)(H,74,91)(H,75,90)/t43-,48-,49-,50-,51-,52-,58?,59-/m0/s1. The molecule has 0 bridgehead atoms. The summed E-state index contributed by atoms with van der Waals surface area (Å²) in [6, 6.07) is -5.13. The van der Waals surface area contributed by atoms with Gasteiger partial charge in [-0.3, -0.25) is 57.5 Å². The van der Waals surface area contributed by atoms with Crippen LogP contribution in [0.3, 0.4) is 0 Å². The quantitative estimate of drug-likeness (QED) is 0.236. The van der Waals surface area contributed by atoms with E-state index in [0.717, 1.165) is 58.9 Å². The number of benzene rings is 1. The van der Waals surface area contributed by atoms with Crippen molar-refractivity contribution in [3.8, 4) is 0 Å². The predicted molar refractivity (Wildman–Crippen MR) is 350 cm³/mol. The Kier molecular flexibility index (Phi) is 30.1. The fraction of sp³-hybridized carbons (Fsp3) is 0.731. The fourth-order valence-electron chi connectivity index (χ4n) is 13.1. The Morgan fingerprint density at radius 3 is 1.87 bits per heavy atom. The van der Waals surface area contributed by atoms with Gasteiger partial charge >= 0.3 is 6.18 Å². The molecule has 0 aromatic heterocycles. The topological polar surface area (TPSA) is 279 Å². The SMILES string of the molecule is CC[C@H](C)C1NC(=O)[C@H](CC(C)C)N(C)C(=O)C[C@@H](C(=O)N2CCCC2)NC(=O)[C@H](C(C)C)N(C)C(=O)CCCCNC(=O)[C@@H]2CCCN2C(=O)[C@H](CCc2ccc(C(F)(F)F)c(Cl)c2)NC(=O)CN(C)C(=O)[C@H](CC2CCCCC2)N(C)C(=O)CN(C)C(=O)CN(C)C1=O. The second kappa shape index (κ2) is 36.3. The van der Waals surface area contributed by atoms with Crippen molar-refractivity contribution in [3.05, 3.63) is 34.3 Å². The van der Waals surface area contributed by atoms with E-state index in [1.165, 1.54) is 68.0 Å². The zero-order chi connectivity index (χ0) is 70.8. The Balaban J connectivity index is 1.49. The van der Waals surface area contributed by atoms with E-state index < -0.39 is 168 Å². The maximum Gasteiger partial charge on any atom is 0.417 e. The fourth-order valence-corrected chi connectivity index (χ4v) is 13.4. The second-order valence-electron chi connectivity index (χ2n) is 27.3. The molecule has 3 saturated heterocycles. The summed E-state index contributed by atoms with van der Waals surface area (Å²) >= 11 is 6.08. The molecule has 4 N–H and O–H groups in total. The van der Waals surface area contributed by atoms with Crippen LogP contribution in [0.2, 0.25) is 5.02 Å². The molecule has 1 saturated carbocycles. The summed E-state index contributed by atoms with van der Waals surface area (Å²) in [6.07, 6.45) is 2.25. The molecule has 4 fully saturated rings. The lowest BCUT2D eigenvalue weighted by Gasteiger charge is -2.35. The first-order chi connectivity index (χ1) is 44.7. The molecule has 28 heteroatoms. The number of carbonyl (C=O) groups excluding carboxylic acids is 12. The van der Waals surface area contributed by atoms with Gasteiger partial charge in [-0.1, -0.05) is 97.7 Å². The van der Waals surface area contributed by atoms with Crippen LogP contribution in [-0.4, -0.2) is 240 Å². The van der Waals surface area contributed by atoms with Gasteiger partial charge < -0.3 is 60.5 Å². The summed E-state index contributed by atoms with van der Waals surface area (Å²) in [5, 5.41) is 10.7. The van der Waals surface area contributed by atoms with Crippen LogP contribution in [0.1, 0.15) is 162 Å². The smallest absolute Gasteiger partial charge is 0.354 e. The lowest BCUT2D eigenvalue weighted by molar-refractivity contribution is -0.149. The van der Waals surface area contributed by atoms with Crippen molar-refractivity contribution in [2.45, 2.75) is 206 Å². The van der Waals surface area contributed by atoms with Crippen LogP contribution in [-0.2, 0) is 70.1 Å². The van der Waals surface area contributed by atoms with E-state index in [1.807, 2.05) is 20.8 Å². The van der Waals surface area contributed by atoms with Crippen LogP contribution in [0.5, 0.6) is 0 Å². The van der Waals surface area contributed by atoms with E-state index in [1.54, 1.807) is 25.7 Å². The molecule has 12 amide bonds. The van der Waals surface area contributed by atoms with Crippen molar-refractivity contribution in [1.29, 1.82) is 0 Å². The van der Waals surface area contributed by atoms with Gasteiger partial charge in [-0.05, 0) is 106 Å². The van der Waals surface area contributed by atoms with E-state index in [2.05, 4.69) is 21.3 Å². The van der Waals surface area contributed by atoms with Crippen LogP contribution in [0, 0.1) is 23.7 Å². The summed E-state index contributed by atoms with van der Waals surface area (Å²) in [7, 11) is 8.45. The zero-order valence-corrected chi connectivity index (χ0v) is 58.5. The van der Waals surface area contributed by atoms with Gasteiger partial charge in [0.15, 0.2) is 0 Å². The summed E-state index contributed by atoms with van der Waals surface area (Å²) < 4.78 is 41.1. The number of amides is 12. The summed E-state index contributed by atoms with van der Waals surface area (Å²) in [5.41, 5.74) is -0.737. The van der Waals surface area contributed by atoms with Gasteiger partial charge in [0.1, 0.15) is 42.3 Å². The van der Waals surface area contributed by atoms with Gasteiger partial charge in [0.05, 0.1) is 36.6 Å². The van der Waals surface area contributed by atoms with Crippen molar-refractivity contribution in [2.24, 2.45) is 23.7 Å². The van der Waals surface area contributed by atoms with Crippen molar-refractivity contribution >= 4 is 82.5 Å². The van der Waals surface area contributed by atoms with Gasteiger partial charge in [0.2, 0.25) is 70.9 Å². The van der Waals surface area contributed by atoms with E-state index >= 15 is 0 Å². The highest BCUT2D eigenvalue weighted by Crippen LogP contribution is 2.36. The average Bonchev–Trinajstić information content (AvgIpc) is 1.76. The number of nitrogens with one attached hydrogen (secondary N) is 4. The number of nitrogens with zero attached hydrogens (tertiary/aromatic N) is 8. The number of likely N-dealkylation sites (tertiary alicyclic amines) is 1. The minimum atomic E-state index is -4.74. The number of hydrogen-bond acceptors (Lipinski definition) is 12. The third-order valence-corrected chi connectivity index (χ3v) is 19.4. The van der Waals surface area contributed by atoms with Crippen LogP contribution >= 0.6 is 11.6 Å². The van der Waals surface area contributed by atoms with E-state index in [0.29, 0.717) is 50.8 Å². The Hall–Kier alpha value is -7.06. The highest BCUT2D eigenvalue weighted by Gasteiger charge is 2.42. The lowest BCUT2D eigenvalue weighted by atomic mass is 9.84. The molecular weight excluding hydrogens is 1260 g/mol. The maximum absolute atomic E-state index is 14.7. The number of hydrogen-bond donors (Lipinski definition) is 4. The Labute approximate surface area is 563 Å². The van der Waals surface area contributed by atoms with E-state index in [-0.39, 0.29) is 69.9 Å². The van der Waals surface area contributed by atoms with Gasteiger partial charge in [0, 0.05) is 74.9 Å². The molecule has 1 unspecified atom stereocenters. The average molecular weight is 1360 g/mol. The number of aryl methyl sites for hydroxylation is 1. The first-order valence-corrected chi connectivity index (χ1v) is 34.2. The number of rotatable bonds is 11. The van der Waals surface area contributed by atoms with Gasteiger partial charge in [-0.2, -0.15) is 13.2 Å². The molecule has 24 nitrogen and oxygen atoms in total. The van der Waals surface area contributed by atoms with E-state index in [9.17, 15) is 70.7 Å². The molecule has 532 valence electrons. The maximum atomic E-state index is 14.7. The molecule has 3 heterocycles. The first kappa shape index (κ1) is 78.6. The Morgan fingerprint density at radius 1 is 0.632 bits per heavy atom. The molecular formula is C67H104ClF3N12O12. The molecule has 95 heavy (non-hydrogen) atoms.